The molecule has 0 aromatic heterocycles. The highest BCUT2D eigenvalue weighted by Gasteiger charge is 2.31. The minimum Gasteiger partial charge on any atom is -0.307 e. The number of hydrogen-bond acceptors (Lipinski definition) is 4. The van der Waals surface area contributed by atoms with Crippen LogP contribution in [0.4, 0.5) is 0 Å². The Kier molecular flexibility index (Phi) is 4.68. The van der Waals surface area contributed by atoms with Gasteiger partial charge in [-0.05, 0) is 5.92 Å². The Bertz CT molecular complexity index is 192. The van der Waals surface area contributed by atoms with Crippen molar-refractivity contribution < 1.29 is 18.4 Å². The fraction of sp³-hybridized carbons (Fsp3) is 0.857. The largest absolute Gasteiger partial charge is 0.396 e. The molecule has 12 heavy (non-hydrogen) atoms. The minimum atomic E-state index is -3.46. The van der Waals surface area contributed by atoms with Crippen LogP contribution >= 0.6 is 7.60 Å². The standard InChI is InChI=1S/C7H15O4P/c1-6(2)5-7(8)12(9,10-3)11-4/h6H,5H2,1-4H3. The van der Waals surface area contributed by atoms with Gasteiger partial charge in [0.25, 0.3) is 0 Å². The van der Waals surface area contributed by atoms with Crippen LogP contribution < -0.4 is 0 Å². The first-order valence-electron chi connectivity index (χ1n) is 3.71. The van der Waals surface area contributed by atoms with Crippen molar-refractivity contribution in [3.63, 3.8) is 0 Å². The number of carbonyl (C=O) groups excluding carboxylic acids is 1. The van der Waals surface area contributed by atoms with Crippen LogP contribution in [0.1, 0.15) is 20.3 Å². The monoisotopic (exact) mass is 194 g/mol. The Morgan fingerprint density at radius 2 is 1.75 bits per heavy atom. The molecule has 0 radical (unpaired) electrons. The van der Waals surface area contributed by atoms with Gasteiger partial charge in [-0.2, -0.15) is 0 Å². The maximum atomic E-state index is 11.4. The van der Waals surface area contributed by atoms with E-state index in [1.54, 1.807) is 0 Å². The van der Waals surface area contributed by atoms with E-state index in [9.17, 15) is 9.36 Å². The fourth-order valence-corrected chi connectivity index (χ4v) is 1.88. The van der Waals surface area contributed by atoms with E-state index in [4.69, 9.17) is 0 Å². The molecule has 0 aliphatic carbocycles. The van der Waals surface area contributed by atoms with Gasteiger partial charge in [0, 0.05) is 20.6 Å². The number of carbonyl (C=O) groups is 1. The predicted octanol–water partition coefficient (Wildman–Crippen LogP) is 2.04. The Morgan fingerprint density at radius 3 is 2.00 bits per heavy atom. The van der Waals surface area contributed by atoms with Crippen molar-refractivity contribution in [1.82, 2.24) is 0 Å². The Morgan fingerprint density at radius 1 is 1.33 bits per heavy atom. The average molecular weight is 194 g/mol. The predicted molar refractivity (Wildman–Crippen MR) is 46.1 cm³/mol. The summed E-state index contributed by atoms with van der Waals surface area (Å²) in [5.41, 5.74) is -0.456. The second-order valence-electron chi connectivity index (χ2n) is 2.85. The molecule has 4 nitrogen and oxygen atoms in total. The van der Waals surface area contributed by atoms with Gasteiger partial charge in [-0.3, -0.25) is 9.36 Å². The summed E-state index contributed by atoms with van der Waals surface area (Å²) >= 11 is 0. The van der Waals surface area contributed by atoms with Gasteiger partial charge in [0.05, 0.1) is 0 Å². The molecule has 0 N–H and O–H groups in total. The summed E-state index contributed by atoms with van der Waals surface area (Å²) in [5, 5.41) is 0. The molecule has 72 valence electrons. The SMILES string of the molecule is COP(=O)(OC)C(=O)CC(C)C. The molecule has 0 atom stereocenters. The Labute approximate surface area is 72.8 Å². The third kappa shape index (κ3) is 3.05. The van der Waals surface area contributed by atoms with Crippen LogP contribution in [0.25, 0.3) is 0 Å². The van der Waals surface area contributed by atoms with Crippen LogP contribution in [0.5, 0.6) is 0 Å². The quantitative estimate of drug-likeness (QED) is 0.628. The molecule has 0 saturated heterocycles. The summed E-state index contributed by atoms with van der Waals surface area (Å²) in [6.45, 7) is 3.74. The molecule has 0 fully saturated rings. The van der Waals surface area contributed by atoms with Crippen molar-refractivity contribution >= 4 is 13.1 Å². The maximum absolute atomic E-state index is 11.4. The molecule has 0 rings (SSSR count). The van der Waals surface area contributed by atoms with Crippen molar-refractivity contribution in [2.24, 2.45) is 5.92 Å². The molecule has 0 aliphatic heterocycles. The number of hydrogen-bond donors (Lipinski definition) is 0. The number of rotatable bonds is 5. The lowest BCUT2D eigenvalue weighted by Crippen LogP contribution is -2.06. The van der Waals surface area contributed by atoms with Crippen molar-refractivity contribution in [2.75, 3.05) is 14.2 Å². The molecule has 0 aromatic carbocycles. The Balaban J connectivity index is 4.34. The Hall–Kier alpha value is -0.180. The third-order valence-electron chi connectivity index (χ3n) is 1.37. The van der Waals surface area contributed by atoms with Crippen LogP contribution in [0.15, 0.2) is 0 Å². The highest BCUT2D eigenvalue weighted by molar-refractivity contribution is 7.71. The lowest BCUT2D eigenvalue weighted by molar-refractivity contribution is -0.114. The topological polar surface area (TPSA) is 52.6 Å². The van der Waals surface area contributed by atoms with E-state index in [0.717, 1.165) is 0 Å². The summed E-state index contributed by atoms with van der Waals surface area (Å²) in [7, 11) is -1.04. The van der Waals surface area contributed by atoms with E-state index in [-0.39, 0.29) is 12.3 Å². The van der Waals surface area contributed by atoms with Crippen molar-refractivity contribution in [3.8, 4) is 0 Å². The van der Waals surface area contributed by atoms with Crippen LogP contribution in [0.3, 0.4) is 0 Å². The molecule has 5 heteroatoms. The van der Waals surface area contributed by atoms with Crippen LogP contribution in [-0.2, 0) is 18.4 Å². The first kappa shape index (κ1) is 11.8. The molecule has 0 bridgehead atoms. The van der Waals surface area contributed by atoms with Gasteiger partial charge >= 0.3 is 7.60 Å². The van der Waals surface area contributed by atoms with E-state index >= 15 is 0 Å². The summed E-state index contributed by atoms with van der Waals surface area (Å²) in [4.78, 5) is 11.2. The molecule has 0 aromatic rings. The fourth-order valence-electron chi connectivity index (χ4n) is 0.739. The van der Waals surface area contributed by atoms with Crippen LogP contribution in [0.2, 0.25) is 0 Å². The van der Waals surface area contributed by atoms with Crippen molar-refractivity contribution in [1.29, 1.82) is 0 Å². The van der Waals surface area contributed by atoms with Crippen molar-refractivity contribution in [2.45, 2.75) is 20.3 Å². The lowest BCUT2D eigenvalue weighted by atomic mass is 10.2. The molecule has 0 aliphatic rings. The zero-order valence-corrected chi connectivity index (χ0v) is 8.76. The van der Waals surface area contributed by atoms with Gasteiger partial charge in [-0.25, -0.2) is 0 Å². The molecule has 0 saturated carbocycles. The van der Waals surface area contributed by atoms with E-state index < -0.39 is 13.1 Å². The van der Waals surface area contributed by atoms with Gasteiger partial charge < -0.3 is 9.05 Å². The highest BCUT2D eigenvalue weighted by atomic mass is 31.2. The summed E-state index contributed by atoms with van der Waals surface area (Å²) in [5.74, 6) is 0.163. The van der Waals surface area contributed by atoms with Gasteiger partial charge in [0.2, 0.25) is 5.52 Å². The summed E-state index contributed by atoms with van der Waals surface area (Å²) in [6.07, 6.45) is 0.221. The zero-order valence-electron chi connectivity index (χ0n) is 7.86. The summed E-state index contributed by atoms with van der Waals surface area (Å²) in [6, 6.07) is 0. The van der Waals surface area contributed by atoms with E-state index in [0.29, 0.717) is 0 Å². The molecule has 0 amide bonds. The van der Waals surface area contributed by atoms with Gasteiger partial charge in [0.15, 0.2) is 0 Å². The average Bonchev–Trinajstić information content (AvgIpc) is 2.02. The van der Waals surface area contributed by atoms with Gasteiger partial charge in [0.1, 0.15) is 0 Å². The third-order valence-corrected chi connectivity index (χ3v) is 3.12. The first-order valence-corrected chi connectivity index (χ1v) is 5.25. The second-order valence-corrected chi connectivity index (χ2v) is 5.08. The highest BCUT2D eigenvalue weighted by Crippen LogP contribution is 2.48. The zero-order chi connectivity index (χ0) is 9.78. The van der Waals surface area contributed by atoms with E-state index in [1.807, 2.05) is 13.8 Å². The van der Waals surface area contributed by atoms with Crippen molar-refractivity contribution in [3.05, 3.63) is 0 Å². The molecular weight excluding hydrogens is 179 g/mol. The second kappa shape index (κ2) is 4.75. The first-order chi connectivity index (χ1) is 5.46. The lowest BCUT2D eigenvalue weighted by Gasteiger charge is -2.12. The van der Waals surface area contributed by atoms with Crippen LogP contribution in [0, 0.1) is 5.92 Å². The maximum Gasteiger partial charge on any atom is 0.396 e. The molecule has 0 spiro atoms. The van der Waals surface area contributed by atoms with Gasteiger partial charge in [-0.15, -0.1) is 0 Å². The minimum absolute atomic E-state index is 0.163. The normalized spacial score (nSPS) is 12.1. The molecular formula is C7H15O4P. The molecule has 0 unspecified atom stereocenters. The van der Waals surface area contributed by atoms with E-state index in [2.05, 4.69) is 9.05 Å². The van der Waals surface area contributed by atoms with Gasteiger partial charge in [-0.1, -0.05) is 13.8 Å². The van der Waals surface area contributed by atoms with E-state index in [1.165, 1.54) is 14.2 Å². The smallest absolute Gasteiger partial charge is 0.307 e. The van der Waals surface area contributed by atoms with Crippen LogP contribution in [-0.4, -0.2) is 19.7 Å². The molecule has 0 heterocycles. The summed E-state index contributed by atoms with van der Waals surface area (Å²) < 4.78 is 20.5.